The molecule has 31 heavy (non-hydrogen) atoms. The summed E-state index contributed by atoms with van der Waals surface area (Å²) >= 11 is 0. The highest BCUT2D eigenvalue weighted by Gasteiger charge is 2.45. The van der Waals surface area contributed by atoms with Crippen LogP contribution in [0.2, 0.25) is 0 Å². The molecular weight excluding hydrogens is 386 g/mol. The molecule has 2 saturated heterocycles. The second-order valence-electron chi connectivity index (χ2n) is 9.18. The van der Waals surface area contributed by atoms with Crippen LogP contribution in [0.3, 0.4) is 0 Å². The third-order valence-electron chi connectivity index (χ3n) is 7.23. The lowest BCUT2D eigenvalue weighted by Crippen LogP contribution is -2.49. The summed E-state index contributed by atoms with van der Waals surface area (Å²) in [6.45, 7) is 5.23. The Balaban J connectivity index is 1.39. The third kappa shape index (κ3) is 4.81. The predicted molar refractivity (Wildman–Crippen MR) is 122 cm³/mol. The number of benzene rings is 1. The van der Waals surface area contributed by atoms with E-state index in [0.29, 0.717) is 30.6 Å². The number of aromatic nitrogens is 1. The molecule has 3 heterocycles. The van der Waals surface area contributed by atoms with E-state index < -0.39 is 0 Å². The highest BCUT2D eigenvalue weighted by atomic mass is 16.2. The van der Waals surface area contributed by atoms with E-state index in [2.05, 4.69) is 41.1 Å². The van der Waals surface area contributed by atoms with Crippen molar-refractivity contribution in [3.63, 3.8) is 0 Å². The van der Waals surface area contributed by atoms with Crippen LogP contribution in [0.4, 0.5) is 0 Å². The van der Waals surface area contributed by atoms with Crippen molar-refractivity contribution in [3.05, 3.63) is 66.0 Å². The molecule has 5 heteroatoms. The van der Waals surface area contributed by atoms with E-state index in [9.17, 15) is 9.59 Å². The Bertz CT molecular complexity index is 878. The number of amides is 2. The van der Waals surface area contributed by atoms with Gasteiger partial charge in [-0.15, -0.1) is 0 Å². The fourth-order valence-corrected chi connectivity index (χ4v) is 5.24. The van der Waals surface area contributed by atoms with Crippen molar-refractivity contribution >= 4 is 11.8 Å². The number of carbonyl (C=O) groups excluding carboxylic acids is 2. The molecule has 1 aromatic carbocycles. The standard InChI is InChI=1S/C26H33N3O2/c1-26(22-13-19-28(20-14-22)24(30)23-11-5-7-16-27-23)15-6-8-17-29(25(26)31)18-12-21-9-3-2-4-10-21/h2-5,7,9-11,16,22H,6,8,12-15,17-20H2,1H3/t26-/m0/s1. The molecule has 0 radical (unpaired) electrons. The molecule has 2 aliphatic rings. The Morgan fingerprint density at radius 2 is 1.77 bits per heavy atom. The Labute approximate surface area is 185 Å². The Hall–Kier alpha value is -2.69. The van der Waals surface area contributed by atoms with Crippen LogP contribution in [0.5, 0.6) is 0 Å². The van der Waals surface area contributed by atoms with Crippen molar-refractivity contribution in [2.45, 2.75) is 45.4 Å². The van der Waals surface area contributed by atoms with Crippen LogP contribution < -0.4 is 0 Å². The summed E-state index contributed by atoms with van der Waals surface area (Å²) in [6, 6.07) is 15.9. The number of pyridine rings is 1. The van der Waals surface area contributed by atoms with Crippen molar-refractivity contribution < 1.29 is 9.59 Å². The molecule has 164 valence electrons. The first kappa shape index (κ1) is 21.5. The molecule has 0 bridgehead atoms. The van der Waals surface area contributed by atoms with Crippen LogP contribution in [0.25, 0.3) is 0 Å². The summed E-state index contributed by atoms with van der Waals surface area (Å²) in [5.41, 5.74) is 1.46. The van der Waals surface area contributed by atoms with E-state index in [0.717, 1.165) is 51.6 Å². The molecule has 0 N–H and O–H groups in total. The summed E-state index contributed by atoms with van der Waals surface area (Å²) < 4.78 is 0. The molecule has 1 aromatic heterocycles. The lowest BCUT2D eigenvalue weighted by Gasteiger charge is -2.43. The lowest BCUT2D eigenvalue weighted by molar-refractivity contribution is -0.144. The number of carbonyl (C=O) groups is 2. The molecule has 2 amide bonds. The summed E-state index contributed by atoms with van der Waals surface area (Å²) in [5.74, 6) is 0.640. The zero-order chi connectivity index (χ0) is 21.7. The van der Waals surface area contributed by atoms with Gasteiger partial charge in [0.25, 0.3) is 5.91 Å². The summed E-state index contributed by atoms with van der Waals surface area (Å²) in [6.07, 6.45) is 7.45. The van der Waals surface area contributed by atoms with Gasteiger partial charge in [0.05, 0.1) is 0 Å². The van der Waals surface area contributed by atoms with E-state index in [4.69, 9.17) is 0 Å². The van der Waals surface area contributed by atoms with Gasteiger partial charge in [-0.25, -0.2) is 0 Å². The van der Waals surface area contributed by atoms with Gasteiger partial charge in [-0.2, -0.15) is 0 Å². The number of likely N-dealkylation sites (tertiary alicyclic amines) is 2. The number of hydrogen-bond donors (Lipinski definition) is 0. The van der Waals surface area contributed by atoms with E-state index in [1.54, 1.807) is 12.3 Å². The average molecular weight is 420 g/mol. The van der Waals surface area contributed by atoms with Crippen LogP contribution in [-0.4, -0.2) is 52.8 Å². The van der Waals surface area contributed by atoms with E-state index >= 15 is 0 Å². The second kappa shape index (κ2) is 9.63. The van der Waals surface area contributed by atoms with Gasteiger partial charge in [0.15, 0.2) is 0 Å². The molecule has 0 saturated carbocycles. The fourth-order valence-electron chi connectivity index (χ4n) is 5.24. The molecular formula is C26H33N3O2. The first-order chi connectivity index (χ1) is 15.1. The molecule has 0 aliphatic carbocycles. The van der Waals surface area contributed by atoms with Crippen molar-refractivity contribution in [1.29, 1.82) is 0 Å². The third-order valence-corrected chi connectivity index (χ3v) is 7.23. The molecule has 5 nitrogen and oxygen atoms in total. The van der Waals surface area contributed by atoms with E-state index in [1.807, 2.05) is 23.1 Å². The zero-order valence-electron chi connectivity index (χ0n) is 18.5. The SMILES string of the molecule is C[C@@]1(C2CCN(C(=O)c3ccccn3)CC2)CCCCN(CCc2ccccc2)C1=O. The van der Waals surface area contributed by atoms with Gasteiger partial charge in [-0.3, -0.25) is 14.6 Å². The smallest absolute Gasteiger partial charge is 0.272 e. The normalized spacial score (nSPS) is 22.9. The van der Waals surface area contributed by atoms with Crippen molar-refractivity contribution in [2.75, 3.05) is 26.2 Å². The molecule has 2 fully saturated rings. The van der Waals surface area contributed by atoms with Crippen LogP contribution >= 0.6 is 0 Å². The molecule has 2 aliphatic heterocycles. The Kier molecular flexibility index (Phi) is 6.69. The molecule has 0 unspecified atom stereocenters. The minimum Gasteiger partial charge on any atom is -0.342 e. The van der Waals surface area contributed by atoms with Gasteiger partial charge < -0.3 is 9.80 Å². The highest BCUT2D eigenvalue weighted by molar-refractivity contribution is 5.92. The van der Waals surface area contributed by atoms with Gasteiger partial charge in [-0.05, 0) is 55.7 Å². The predicted octanol–water partition coefficient (Wildman–Crippen LogP) is 4.20. The largest absolute Gasteiger partial charge is 0.342 e. The Morgan fingerprint density at radius 1 is 1.03 bits per heavy atom. The fraction of sp³-hybridized carbons (Fsp3) is 0.500. The second-order valence-corrected chi connectivity index (χ2v) is 9.18. The summed E-state index contributed by atoms with van der Waals surface area (Å²) in [5, 5.41) is 0. The first-order valence-electron chi connectivity index (χ1n) is 11.6. The van der Waals surface area contributed by atoms with Gasteiger partial charge in [0.1, 0.15) is 5.69 Å². The maximum Gasteiger partial charge on any atom is 0.272 e. The van der Waals surface area contributed by atoms with Crippen LogP contribution in [-0.2, 0) is 11.2 Å². The molecule has 1 atom stereocenters. The minimum atomic E-state index is -0.326. The monoisotopic (exact) mass is 419 g/mol. The van der Waals surface area contributed by atoms with Gasteiger partial charge in [0.2, 0.25) is 5.91 Å². The van der Waals surface area contributed by atoms with Crippen LogP contribution in [0.1, 0.15) is 55.1 Å². The van der Waals surface area contributed by atoms with Gasteiger partial charge >= 0.3 is 0 Å². The van der Waals surface area contributed by atoms with Gasteiger partial charge in [0, 0.05) is 37.8 Å². The zero-order valence-corrected chi connectivity index (χ0v) is 18.5. The number of piperidine rings is 1. The number of rotatable bonds is 5. The summed E-state index contributed by atoms with van der Waals surface area (Å²) in [4.78, 5) is 34.6. The Morgan fingerprint density at radius 3 is 2.48 bits per heavy atom. The number of nitrogens with zero attached hydrogens (tertiary/aromatic N) is 3. The van der Waals surface area contributed by atoms with E-state index in [-0.39, 0.29) is 11.3 Å². The molecule has 0 spiro atoms. The molecule has 4 rings (SSSR count). The topological polar surface area (TPSA) is 53.5 Å². The van der Waals surface area contributed by atoms with Crippen molar-refractivity contribution in [3.8, 4) is 0 Å². The number of hydrogen-bond acceptors (Lipinski definition) is 3. The van der Waals surface area contributed by atoms with Gasteiger partial charge in [-0.1, -0.05) is 49.7 Å². The summed E-state index contributed by atoms with van der Waals surface area (Å²) in [7, 11) is 0. The van der Waals surface area contributed by atoms with Crippen LogP contribution in [0, 0.1) is 11.3 Å². The average Bonchev–Trinajstić information content (AvgIpc) is 2.97. The minimum absolute atomic E-state index is 0.000818. The van der Waals surface area contributed by atoms with Crippen molar-refractivity contribution in [1.82, 2.24) is 14.8 Å². The van der Waals surface area contributed by atoms with E-state index in [1.165, 1.54) is 5.56 Å². The van der Waals surface area contributed by atoms with Crippen LogP contribution in [0.15, 0.2) is 54.7 Å². The maximum absolute atomic E-state index is 13.7. The maximum atomic E-state index is 13.7. The molecule has 2 aromatic rings. The highest BCUT2D eigenvalue weighted by Crippen LogP contribution is 2.42. The van der Waals surface area contributed by atoms with Crippen molar-refractivity contribution in [2.24, 2.45) is 11.3 Å². The lowest BCUT2D eigenvalue weighted by atomic mass is 9.69. The first-order valence-corrected chi connectivity index (χ1v) is 11.6. The quantitative estimate of drug-likeness (QED) is 0.730.